The molecule has 1 heterocycles. The SMILES string of the molecule is CS(=O)(=O)[N-]S(=O)(=O)C(F)(F)F.C[N+]1(CCOCC(F)(F)C(F)(F)C(F)(F)C(F)F)CCCC1. The van der Waals surface area contributed by atoms with Crippen molar-refractivity contribution in [3.8, 4) is 0 Å². The molecule has 34 heavy (non-hydrogen) atoms. The van der Waals surface area contributed by atoms with Crippen LogP contribution in [0.15, 0.2) is 0 Å². The summed E-state index contributed by atoms with van der Waals surface area (Å²) < 4.78 is 182. The van der Waals surface area contributed by atoms with Gasteiger partial charge in [-0.2, -0.15) is 39.5 Å². The molecule has 0 N–H and O–H groups in total. The summed E-state index contributed by atoms with van der Waals surface area (Å²) in [6.45, 7) is -0.573. The average molecular weight is 570 g/mol. The molecule has 0 unspecified atom stereocenters. The van der Waals surface area contributed by atoms with Crippen LogP contribution in [0.1, 0.15) is 12.8 Å². The number of hydrogen-bond donors (Lipinski definition) is 0. The normalized spacial score (nSPS) is 18.1. The predicted molar refractivity (Wildman–Crippen MR) is 94.9 cm³/mol. The Labute approximate surface area is 187 Å². The van der Waals surface area contributed by atoms with E-state index >= 15 is 0 Å². The van der Waals surface area contributed by atoms with Crippen LogP contribution in [-0.2, 0) is 24.8 Å². The van der Waals surface area contributed by atoms with Crippen molar-refractivity contribution in [2.24, 2.45) is 0 Å². The van der Waals surface area contributed by atoms with Gasteiger partial charge in [0.15, 0.2) is 10.0 Å². The number of rotatable bonds is 10. The Kier molecular flexibility index (Phi) is 10.6. The molecular weight excluding hydrogens is 549 g/mol. The quantitative estimate of drug-likeness (QED) is 0.228. The van der Waals surface area contributed by atoms with Crippen LogP contribution in [0.4, 0.5) is 48.3 Å². The molecule has 1 aliphatic heterocycles. The van der Waals surface area contributed by atoms with Gasteiger partial charge in [0, 0.05) is 19.1 Å². The predicted octanol–water partition coefficient (Wildman–Crippen LogP) is 3.58. The van der Waals surface area contributed by atoms with Gasteiger partial charge in [-0.05, 0) is 0 Å². The maximum absolute atomic E-state index is 13.2. The highest BCUT2D eigenvalue weighted by Crippen LogP contribution is 2.48. The summed E-state index contributed by atoms with van der Waals surface area (Å²) in [5.74, 6) is -17.7. The minimum atomic E-state index is -6.19. The fraction of sp³-hybridized carbons (Fsp3) is 1.00. The zero-order valence-corrected chi connectivity index (χ0v) is 19.1. The summed E-state index contributed by atoms with van der Waals surface area (Å²) >= 11 is 0. The Morgan fingerprint density at radius 3 is 1.68 bits per heavy atom. The van der Waals surface area contributed by atoms with Gasteiger partial charge < -0.3 is 13.3 Å². The second kappa shape index (κ2) is 11.0. The van der Waals surface area contributed by atoms with Gasteiger partial charge in [0.1, 0.15) is 13.2 Å². The molecule has 206 valence electrons. The Balaban J connectivity index is 0.000000770. The summed E-state index contributed by atoms with van der Waals surface area (Å²) in [5, 5.41) is 0. The molecule has 0 radical (unpaired) electrons. The lowest BCUT2D eigenvalue weighted by Gasteiger charge is -2.32. The topological polar surface area (TPSA) is 91.6 Å². The Bertz CT molecular complexity index is 871. The summed E-state index contributed by atoms with van der Waals surface area (Å²) in [6.07, 6.45) is -2.78. The summed E-state index contributed by atoms with van der Waals surface area (Å²) in [7, 11) is -8.64. The van der Waals surface area contributed by atoms with Crippen molar-refractivity contribution < 1.29 is 74.4 Å². The fourth-order valence-electron chi connectivity index (χ4n) is 2.50. The minimum Gasteiger partial charge on any atom is -0.429 e. The van der Waals surface area contributed by atoms with Gasteiger partial charge >= 0.3 is 29.7 Å². The third-order valence-corrected chi connectivity index (χ3v) is 6.84. The highest BCUT2D eigenvalue weighted by Gasteiger charge is 2.75. The van der Waals surface area contributed by atoms with Gasteiger partial charge in [0.25, 0.3) is 0 Å². The lowest BCUT2D eigenvalue weighted by atomic mass is 10.1. The van der Waals surface area contributed by atoms with Gasteiger partial charge in [-0.25, -0.2) is 25.6 Å². The first-order valence-corrected chi connectivity index (χ1v) is 12.2. The lowest BCUT2D eigenvalue weighted by Crippen LogP contribution is -2.59. The number of ether oxygens (including phenoxy) is 1. The van der Waals surface area contributed by atoms with E-state index in [1.54, 1.807) is 4.13 Å². The molecular formula is C14H21F11N2O5S2. The third-order valence-electron chi connectivity index (χ3n) is 4.38. The van der Waals surface area contributed by atoms with E-state index in [4.69, 9.17) is 0 Å². The molecule has 7 nitrogen and oxygen atoms in total. The fourth-order valence-corrected chi connectivity index (χ4v) is 4.26. The monoisotopic (exact) mass is 570 g/mol. The first kappa shape index (κ1) is 33.0. The van der Waals surface area contributed by atoms with E-state index in [-0.39, 0.29) is 19.4 Å². The van der Waals surface area contributed by atoms with Crippen LogP contribution in [0, 0.1) is 0 Å². The number of halogens is 11. The van der Waals surface area contributed by atoms with Crippen molar-refractivity contribution in [1.82, 2.24) is 0 Å². The van der Waals surface area contributed by atoms with Gasteiger partial charge in [-0.3, -0.25) is 0 Å². The van der Waals surface area contributed by atoms with Crippen LogP contribution in [0.3, 0.4) is 0 Å². The van der Waals surface area contributed by atoms with E-state index in [0.717, 1.165) is 25.9 Å². The van der Waals surface area contributed by atoms with E-state index in [2.05, 4.69) is 4.74 Å². The van der Waals surface area contributed by atoms with Crippen LogP contribution in [0.25, 0.3) is 4.13 Å². The van der Waals surface area contributed by atoms with E-state index < -0.39 is 56.4 Å². The summed E-state index contributed by atoms with van der Waals surface area (Å²) in [4.78, 5) is 0. The number of quaternary nitrogens is 1. The molecule has 1 saturated heterocycles. The van der Waals surface area contributed by atoms with Crippen molar-refractivity contribution in [2.45, 2.75) is 42.5 Å². The Morgan fingerprint density at radius 1 is 0.912 bits per heavy atom. The van der Waals surface area contributed by atoms with E-state index in [9.17, 15) is 65.1 Å². The van der Waals surface area contributed by atoms with Crippen LogP contribution in [0.5, 0.6) is 0 Å². The molecule has 0 spiro atoms. The van der Waals surface area contributed by atoms with Crippen molar-refractivity contribution in [2.75, 3.05) is 46.2 Å². The van der Waals surface area contributed by atoms with Crippen molar-refractivity contribution in [3.05, 3.63) is 4.13 Å². The molecule has 0 saturated carbocycles. The van der Waals surface area contributed by atoms with Crippen molar-refractivity contribution in [3.63, 3.8) is 0 Å². The number of alkyl halides is 11. The zero-order chi connectivity index (χ0) is 27.4. The number of likely N-dealkylation sites (tertiary alicyclic amines) is 1. The molecule has 20 heteroatoms. The first-order valence-electron chi connectivity index (χ1n) is 8.90. The van der Waals surface area contributed by atoms with Crippen molar-refractivity contribution >= 4 is 20.0 Å². The molecule has 1 rings (SSSR count). The smallest absolute Gasteiger partial charge is 0.429 e. The summed E-state index contributed by atoms with van der Waals surface area (Å²) in [6, 6.07) is 0. The molecule has 0 bridgehead atoms. The Morgan fingerprint density at radius 2 is 1.35 bits per heavy atom. The maximum Gasteiger partial charge on any atom is 0.480 e. The van der Waals surface area contributed by atoms with Gasteiger partial charge in [-0.1, -0.05) is 0 Å². The number of likely N-dealkylation sites (N-methyl/N-ethyl adjacent to an activating group) is 1. The van der Waals surface area contributed by atoms with Crippen LogP contribution in [-0.4, -0.2) is 97.2 Å². The third kappa shape index (κ3) is 8.90. The number of sulfonamides is 2. The molecule has 0 aliphatic carbocycles. The highest BCUT2D eigenvalue weighted by atomic mass is 32.3. The second-order valence-corrected chi connectivity index (χ2v) is 11.0. The van der Waals surface area contributed by atoms with Crippen LogP contribution in [0.2, 0.25) is 0 Å². The summed E-state index contributed by atoms with van der Waals surface area (Å²) in [5.41, 5.74) is -5.67. The second-order valence-electron chi connectivity index (χ2n) is 7.48. The molecule has 0 aromatic heterocycles. The van der Waals surface area contributed by atoms with Crippen molar-refractivity contribution in [1.29, 1.82) is 0 Å². The van der Waals surface area contributed by atoms with Gasteiger partial charge in [0.2, 0.25) is 0 Å². The molecule has 0 atom stereocenters. The molecule has 0 aromatic carbocycles. The zero-order valence-electron chi connectivity index (χ0n) is 17.4. The maximum atomic E-state index is 13.2. The van der Waals surface area contributed by atoms with E-state index in [0.29, 0.717) is 4.48 Å². The standard InChI is InChI=1S/C12H18F8NO.C2H3F3NO4S2/c1-21(4-2-3-5-21)6-7-22-8-10(15,16)12(19,20)11(17,18)9(13)14;1-11(7,8)6-12(9,10)2(3,4)5/h9H,2-8H2,1H3;1H3/q+1;-1. The lowest BCUT2D eigenvalue weighted by molar-refractivity contribution is -0.898. The van der Waals surface area contributed by atoms with E-state index in [1.165, 1.54) is 0 Å². The van der Waals surface area contributed by atoms with Gasteiger partial charge in [0.05, 0.1) is 36.8 Å². The first-order chi connectivity index (χ1) is 14.8. The highest BCUT2D eigenvalue weighted by molar-refractivity contribution is 8.12. The molecule has 0 aromatic rings. The number of hydrogen-bond acceptors (Lipinski definition) is 5. The van der Waals surface area contributed by atoms with Gasteiger partial charge in [-0.15, -0.1) is 0 Å². The molecule has 0 amide bonds. The Hall–Kier alpha value is -0.990. The van der Waals surface area contributed by atoms with Crippen LogP contribution < -0.4 is 0 Å². The average Bonchev–Trinajstić information content (AvgIpc) is 3.02. The largest absolute Gasteiger partial charge is 0.480 e. The number of nitrogens with zero attached hydrogens (tertiary/aromatic N) is 2. The molecule has 1 fully saturated rings. The van der Waals surface area contributed by atoms with E-state index in [1.807, 2.05) is 7.05 Å². The minimum absolute atomic E-state index is 0.246. The van der Waals surface area contributed by atoms with Crippen LogP contribution >= 0.6 is 0 Å². The molecule has 1 aliphatic rings.